The number of thioether (sulfide) groups is 1. The molecule has 4 bridgehead atoms. The molecule has 0 radical (unpaired) electrons. The quantitative estimate of drug-likeness (QED) is 0.269. The first-order valence-corrected chi connectivity index (χ1v) is 13.8. The summed E-state index contributed by atoms with van der Waals surface area (Å²) in [7, 11) is 2.55. The Kier molecular flexibility index (Phi) is 6.07. The van der Waals surface area contributed by atoms with Crippen LogP contribution < -0.4 is 0 Å². The molecule has 0 saturated heterocycles. The number of hydrogen-bond donors (Lipinski definition) is 0. The number of fused-ring (bicyclic) bond motifs is 1. The van der Waals surface area contributed by atoms with Crippen LogP contribution in [-0.2, 0) is 19.1 Å². The molecule has 4 fully saturated rings. The van der Waals surface area contributed by atoms with E-state index in [0.29, 0.717) is 10.3 Å². The molecule has 0 unspecified atom stereocenters. The third-order valence-corrected chi connectivity index (χ3v) is 10.0. The topological polar surface area (TPSA) is 52.6 Å². The van der Waals surface area contributed by atoms with E-state index in [1.54, 1.807) is 6.07 Å². The van der Waals surface area contributed by atoms with Gasteiger partial charge in [-0.3, -0.25) is 9.59 Å². The summed E-state index contributed by atoms with van der Waals surface area (Å²) in [6, 6.07) is 21.0. The van der Waals surface area contributed by atoms with Gasteiger partial charge in [-0.25, -0.2) is 0 Å². The Morgan fingerprint density at radius 1 is 0.750 bits per heavy atom. The van der Waals surface area contributed by atoms with Gasteiger partial charge in [-0.05, 0) is 108 Å². The van der Waals surface area contributed by atoms with Gasteiger partial charge in [-0.2, -0.15) is 0 Å². The molecule has 5 heteroatoms. The van der Waals surface area contributed by atoms with E-state index in [1.165, 1.54) is 63.2 Å². The summed E-state index contributed by atoms with van der Waals surface area (Å²) in [4.78, 5) is 25.8. The van der Waals surface area contributed by atoms with Crippen molar-refractivity contribution in [2.75, 3.05) is 14.2 Å². The van der Waals surface area contributed by atoms with E-state index < -0.39 is 17.9 Å². The summed E-state index contributed by atoms with van der Waals surface area (Å²) in [5.41, 5.74) is 2.91. The van der Waals surface area contributed by atoms with E-state index in [-0.39, 0.29) is 0 Å². The van der Waals surface area contributed by atoms with Gasteiger partial charge in [-0.1, -0.05) is 36.4 Å². The molecule has 4 aliphatic rings. The van der Waals surface area contributed by atoms with Crippen LogP contribution >= 0.6 is 11.8 Å². The fraction of sp³-hybridized carbons (Fsp3) is 0.419. The maximum absolute atomic E-state index is 12.2. The summed E-state index contributed by atoms with van der Waals surface area (Å²) in [5.74, 6) is 0.585. The third-order valence-electron chi connectivity index (χ3n) is 8.58. The predicted molar refractivity (Wildman–Crippen MR) is 143 cm³/mol. The van der Waals surface area contributed by atoms with Crippen LogP contribution in [0.4, 0.5) is 0 Å². The average molecular weight is 501 g/mol. The van der Waals surface area contributed by atoms with Gasteiger partial charge in [0.1, 0.15) is 0 Å². The molecule has 4 nitrogen and oxygen atoms in total. The smallest absolute Gasteiger partial charge is 0.324 e. The molecule has 0 amide bonds. The molecule has 3 aromatic rings. The highest BCUT2D eigenvalue weighted by Crippen LogP contribution is 2.61. The zero-order chi connectivity index (χ0) is 24.9. The second-order valence-electron chi connectivity index (χ2n) is 11.0. The maximum atomic E-state index is 12.2. The average Bonchev–Trinajstić information content (AvgIpc) is 2.87. The van der Waals surface area contributed by atoms with Crippen LogP contribution in [0.1, 0.15) is 50.0 Å². The summed E-state index contributed by atoms with van der Waals surface area (Å²) in [6.45, 7) is 0. The van der Waals surface area contributed by atoms with Crippen LogP contribution in [0.3, 0.4) is 0 Å². The Hall–Kier alpha value is -2.79. The number of methoxy groups -OCH3 is 2. The SMILES string of the molecule is COC(=O)C(C(=O)OC)c1ccc2cc(-c3ccc(SC45CC6CC(CC(C6)C4)C5)cc3)ccc2c1. The molecular weight excluding hydrogens is 468 g/mol. The van der Waals surface area contributed by atoms with Crippen molar-refractivity contribution in [3.05, 3.63) is 66.2 Å². The van der Waals surface area contributed by atoms with E-state index in [1.807, 2.05) is 18.2 Å². The van der Waals surface area contributed by atoms with Crippen molar-refractivity contribution in [2.45, 2.75) is 54.1 Å². The second kappa shape index (κ2) is 9.26. The number of carbonyl (C=O) groups is 2. The minimum atomic E-state index is -1.08. The van der Waals surface area contributed by atoms with Gasteiger partial charge in [0, 0.05) is 9.64 Å². The lowest BCUT2D eigenvalue weighted by Gasteiger charge is -2.56. The van der Waals surface area contributed by atoms with Crippen LogP contribution in [0, 0.1) is 17.8 Å². The number of carbonyl (C=O) groups excluding carboxylic acids is 2. The molecule has 0 atom stereocenters. The van der Waals surface area contributed by atoms with E-state index in [0.717, 1.165) is 34.1 Å². The van der Waals surface area contributed by atoms with Gasteiger partial charge in [0.05, 0.1) is 14.2 Å². The van der Waals surface area contributed by atoms with Crippen molar-refractivity contribution >= 4 is 34.5 Å². The molecule has 0 N–H and O–H groups in total. The molecule has 0 aliphatic heterocycles. The second-order valence-corrected chi connectivity index (χ2v) is 12.6. The molecule has 7 rings (SSSR count). The van der Waals surface area contributed by atoms with Gasteiger partial charge in [0.2, 0.25) is 0 Å². The zero-order valence-corrected chi connectivity index (χ0v) is 21.7. The monoisotopic (exact) mass is 500 g/mol. The first-order valence-electron chi connectivity index (χ1n) is 12.9. The van der Waals surface area contributed by atoms with Crippen LogP contribution in [0.5, 0.6) is 0 Å². The molecule has 0 aromatic heterocycles. The Morgan fingerprint density at radius 2 is 1.28 bits per heavy atom. The number of benzene rings is 3. The van der Waals surface area contributed by atoms with E-state index in [2.05, 4.69) is 48.2 Å². The number of esters is 2. The van der Waals surface area contributed by atoms with E-state index >= 15 is 0 Å². The minimum absolute atomic E-state index is 0.475. The molecule has 36 heavy (non-hydrogen) atoms. The van der Waals surface area contributed by atoms with Crippen LogP contribution in [-0.4, -0.2) is 30.9 Å². The summed E-state index contributed by atoms with van der Waals surface area (Å²) >= 11 is 2.14. The highest BCUT2D eigenvalue weighted by atomic mass is 32.2. The summed E-state index contributed by atoms with van der Waals surface area (Å²) in [6.07, 6.45) is 8.66. The molecule has 0 spiro atoms. The lowest BCUT2D eigenvalue weighted by Crippen LogP contribution is -2.48. The van der Waals surface area contributed by atoms with E-state index in [4.69, 9.17) is 9.47 Å². The zero-order valence-electron chi connectivity index (χ0n) is 20.9. The molecular formula is C31H32O4S. The molecule has 0 heterocycles. The van der Waals surface area contributed by atoms with E-state index in [9.17, 15) is 9.59 Å². The fourth-order valence-electron chi connectivity index (χ4n) is 7.35. The third kappa shape index (κ3) is 4.32. The number of ether oxygens (including phenoxy) is 2. The highest BCUT2D eigenvalue weighted by Gasteiger charge is 2.51. The van der Waals surface area contributed by atoms with Gasteiger partial charge in [0.25, 0.3) is 0 Å². The molecule has 3 aromatic carbocycles. The van der Waals surface area contributed by atoms with Crippen molar-refractivity contribution in [1.29, 1.82) is 0 Å². The Labute approximate surface area is 216 Å². The predicted octanol–water partition coefficient (Wildman–Crippen LogP) is 7.00. The standard InChI is InChI=1S/C31H32O4S/c1-34-29(32)28(30(33)35-2)26-6-5-24-14-23(3-4-25(24)15-26)22-7-9-27(10-8-22)36-31-16-19-11-20(17-31)13-21(12-19)18-31/h3-10,14-15,19-21,28H,11-13,16-18H2,1-2H3. The molecule has 4 aliphatic carbocycles. The fourth-order valence-corrected chi connectivity index (χ4v) is 9.08. The van der Waals surface area contributed by atoms with Crippen LogP contribution in [0.2, 0.25) is 0 Å². The van der Waals surface area contributed by atoms with Crippen molar-refractivity contribution in [3.8, 4) is 11.1 Å². The first kappa shape index (κ1) is 23.6. The minimum Gasteiger partial charge on any atom is -0.468 e. The molecule has 186 valence electrons. The van der Waals surface area contributed by atoms with Crippen molar-refractivity contribution in [2.24, 2.45) is 17.8 Å². The first-order chi connectivity index (χ1) is 17.4. The van der Waals surface area contributed by atoms with Crippen molar-refractivity contribution < 1.29 is 19.1 Å². The number of rotatable bonds is 6. The lowest BCUT2D eigenvalue weighted by atomic mass is 9.56. The Balaban J connectivity index is 1.21. The lowest BCUT2D eigenvalue weighted by molar-refractivity contribution is -0.154. The Bertz CT molecular complexity index is 1260. The highest BCUT2D eigenvalue weighted by molar-refractivity contribution is 8.00. The summed E-state index contributed by atoms with van der Waals surface area (Å²) < 4.78 is 10.1. The van der Waals surface area contributed by atoms with Crippen LogP contribution in [0.25, 0.3) is 21.9 Å². The number of hydrogen-bond acceptors (Lipinski definition) is 5. The largest absolute Gasteiger partial charge is 0.468 e. The van der Waals surface area contributed by atoms with Crippen LogP contribution in [0.15, 0.2) is 65.6 Å². The molecule has 4 saturated carbocycles. The van der Waals surface area contributed by atoms with Gasteiger partial charge in [-0.15, -0.1) is 11.8 Å². The normalized spacial score (nSPS) is 26.4. The maximum Gasteiger partial charge on any atom is 0.324 e. The van der Waals surface area contributed by atoms with Gasteiger partial charge >= 0.3 is 11.9 Å². The van der Waals surface area contributed by atoms with Gasteiger partial charge < -0.3 is 9.47 Å². The van der Waals surface area contributed by atoms with Gasteiger partial charge in [0.15, 0.2) is 5.92 Å². The van der Waals surface area contributed by atoms with Crippen molar-refractivity contribution in [3.63, 3.8) is 0 Å². The Morgan fingerprint density at radius 3 is 1.86 bits per heavy atom. The summed E-state index contributed by atoms with van der Waals surface area (Å²) in [5, 5.41) is 2.01. The van der Waals surface area contributed by atoms with Crippen molar-refractivity contribution in [1.82, 2.24) is 0 Å².